The first-order valence-electron chi connectivity index (χ1n) is 6.36. The van der Waals surface area contributed by atoms with Crippen LogP contribution < -0.4 is 16.0 Å². The minimum atomic E-state index is -0.203. The summed E-state index contributed by atoms with van der Waals surface area (Å²) >= 11 is 6.03. The lowest BCUT2D eigenvalue weighted by molar-refractivity contribution is 0.413. The first-order chi connectivity index (χ1) is 10.1. The third-order valence-electron chi connectivity index (χ3n) is 3.34. The van der Waals surface area contributed by atoms with Gasteiger partial charge in [-0.15, -0.1) is 0 Å². The molecule has 0 amide bonds. The van der Waals surface area contributed by atoms with E-state index in [-0.39, 0.29) is 5.56 Å². The minimum Gasteiger partial charge on any atom is -0.495 e. The topological polar surface area (TPSA) is 57.2 Å². The highest BCUT2D eigenvalue weighted by Crippen LogP contribution is 2.28. The fraction of sp³-hybridized carbons (Fsp3) is 0.0625. The van der Waals surface area contributed by atoms with Crippen molar-refractivity contribution in [1.82, 2.24) is 4.57 Å². The molecule has 0 saturated heterocycles. The lowest BCUT2D eigenvalue weighted by Gasteiger charge is -2.14. The zero-order valence-corrected chi connectivity index (χ0v) is 12.1. The Labute approximate surface area is 126 Å². The minimum absolute atomic E-state index is 0.203. The number of ether oxygens (including phenoxy) is 1. The standard InChI is InChI=1S/C16H13ClN2O2/c1-21-14-7-6-11(17)9-13(14)19-15(18)8-10-4-2-3-5-12(10)16(19)20/h2-9H,18H2,1H3. The molecule has 0 fully saturated rings. The van der Waals surface area contributed by atoms with E-state index in [0.717, 1.165) is 5.39 Å². The van der Waals surface area contributed by atoms with Gasteiger partial charge >= 0.3 is 0 Å². The quantitative estimate of drug-likeness (QED) is 0.790. The van der Waals surface area contributed by atoms with Crippen molar-refractivity contribution in [3.05, 3.63) is 63.9 Å². The van der Waals surface area contributed by atoms with Crippen LogP contribution >= 0.6 is 11.6 Å². The predicted octanol–water partition coefficient (Wildman–Crippen LogP) is 3.23. The molecule has 0 unspecified atom stereocenters. The van der Waals surface area contributed by atoms with E-state index >= 15 is 0 Å². The van der Waals surface area contributed by atoms with Crippen LogP contribution in [0.15, 0.2) is 53.3 Å². The molecule has 1 heterocycles. The largest absolute Gasteiger partial charge is 0.495 e. The molecule has 0 spiro atoms. The fourth-order valence-corrected chi connectivity index (χ4v) is 2.53. The van der Waals surface area contributed by atoms with Crippen LogP contribution in [0.3, 0.4) is 0 Å². The summed E-state index contributed by atoms with van der Waals surface area (Å²) in [6.07, 6.45) is 0. The van der Waals surface area contributed by atoms with E-state index in [0.29, 0.717) is 27.7 Å². The van der Waals surface area contributed by atoms with Gasteiger partial charge in [0.1, 0.15) is 11.6 Å². The smallest absolute Gasteiger partial charge is 0.264 e. The molecular formula is C16H13ClN2O2. The number of hydrogen-bond donors (Lipinski definition) is 1. The molecule has 3 aromatic rings. The summed E-state index contributed by atoms with van der Waals surface area (Å²) in [5.74, 6) is 0.864. The Bertz CT molecular complexity index is 887. The third-order valence-corrected chi connectivity index (χ3v) is 3.57. The summed E-state index contributed by atoms with van der Waals surface area (Å²) in [6.45, 7) is 0. The number of benzene rings is 2. The van der Waals surface area contributed by atoms with Crippen molar-refractivity contribution in [3.8, 4) is 11.4 Å². The molecule has 3 rings (SSSR count). The first kappa shape index (κ1) is 13.5. The number of nitrogens with two attached hydrogens (primary N) is 1. The molecule has 0 aliphatic carbocycles. The molecule has 0 saturated carbocycles. The van der Waals surface area contributed by atoms with E-state index in [4.69, 9.17) is 22.1 Å². The van der Waals surface area contributed by atoms with Crippen molar-refractivity contribution >= 4 is 28.2 Å². The number of nitrogen functional groups attached to an aromatic ring is 1. The zero-order chi connectivity index (χ0) is 15.0. The molecular weight excluding hydrogens is 288 g/mol. The van der Waals surface area contributed by atoms with Gasteiger partial charge in [-0.2, -0.15) is 0 Å². The van der Waals surface area contributed by atoms with Gasteiger partial charge in [-0.05, 0) is 35.7 Å². The van der Waals surface area contributed by atoms with Crippen LogP contribution in [0.25, 0.3) is 16.5 Å². The van der Waals surface area contributed by atoms with Crippen molar-refractivity contribution in [2.24, 2.45) is 0 Å². The summed E-state index contributed by atoms with van der Waals surface area (Å²) in [4.78, 5) is 12.7. The Kier molecular flexibility index (Phi) is 3.31. The second-order valence-electron chi connectivity index (χ2n) is 4.61. The van der Waals surface area contributed by atoms with E-state index in [1.165, 1.54) is 11.7 Å². The molecule has 4 nitrogen and oxygen atoms in total. The van der Waals surface area contributed by atoms with Gasteiger partial charge in [-0.1, -0.05) is 29.8 Å². The Balaban J connectivity index is 2.41. The van der Waals surface area contributed by atoms with E-state index in [1.807, 2.05) is 18.2 Å². The highest BCUT2D eigenvalue weighted by molar-refractivity contribution is 6.30. The summed E-state index contributed by atoms with van der Waals surface area (Å²) in [7, 11) is 1.54. The highest BCUT2D eigenvalue weighted by Gasteiger charge is 2.13. The molecule has 1 aromatic heterocycles. The number of anilines is 1. The van der Waals surface area contributed by atoms with Gasteiger partial charge in [-0.25, -0.2) is 0 Å². The van der Waals surface area contributed by atoms with Crippen LogP contribution in [0.1, 0.15) is 0 Å². The average Bonchev–Trinajstić information content (AvgIpc) is 2.47. The van der Waals surface area contributed by atoms with E-state index in [9.17, 15) is 4.79 Å². The van der Waals surface area contributed by atoms with Gasteiger partial charge in [-0.3, -0.25) is 9.36 Å². The molecule has 21 heavy (non-hydrogen) atoms. The molecule has 0 aliphatic rings. The van der Waals surface area contributed by atoms with Crippen molar-refractivity contribution in [2.75, 3.05) is 12.8 Å². The maximum absolute atomic E-state index is 12.7. The van der Waals surface area contributed by atoms with Crippen LogP contribution in [-0.2, 0) is 0 Å². The van der Waals surface area contributed by atoms with Crippen molar-refractivity contribution in [3.63, 3.8) is 0 Å². The monoisotopic (exact) mass is 300 g/mol. The van der Waals surface area contributed by atoms with E-state index < -0.39 is 0 Å². The highest BCUT2D eigenvalue weighted by atomic mass is 35.5. The Hall–Kier alpha value is -2.46. The van der Waals surface area contributed by atoms with Gasteiger partial charge in [0.05, 0.1) is 12.8 Å². The average molecular weight is 301 g/mol. The van der Waals surface area contributed by atoms with Crippen LogP contribution in [0, 0.1) is 0 Å². The summed E-state index contributed by atoms with van der Waals surface area (Å²) in [5.41, 5.74) is 6.38. The Morgan fingerprint density at radius 2 is 1.90 bits per heavy atom. The molecule has 0 radical (unpaired) electrons. The Morgan fingerprint density at radius 3 is 2.67 bits per heavy atom. The van der Waals surface area contributed by atoms with Crippen LogP contribution in [0.5, 0.6) is 5.75 Å². The first-order valence-corrected chi connectivity index (χ1v) is 6.74. The third kappa shape index (κ3) is 2.23. The summed E-state index contributed by atoms with van der Waals surface area (Å²) in [6, 6.07) is 14.1. The van der Waals surface area contributed by atoms with Gasteiger partial charge in [0.25, 0.3) is 5.56 Å². The lowest BCUT2D eigenvalue weighted by atomic mass is 10.1. The second kappa shape index (κ2) is 5.14. The number of aromatic nitrogens is 1. The van der Waals surface area contributed by atoms with Crippen molar-refractivity contribution in [1.29, 1.82) is 0 Å². The second-order valence-corrected chi connectivity index (χ2v) is 5.05. The maximum atomic E-state index is 12.7. The molecule has 106 valence electrons. The summed E-state index contributed by atoms with van der Waals surface area (Å²) < 4.78 is 6.71. The number of rotatable bonds is 2. The van der Waals surface area contributed by atoms with Crippen molar-refractivity contribution in [2.45, 2.75) is 0 Å². The number of halogens is 1. The van der Waals surface area contributed by atoms with Crippen molar-refractivity contribution < 1.29 is 4.74 Å². The fourth-order valence-electron chi connectivity index (χ4n) is 2.37. The molecule has 5 heteroatoms. The molecule has 0 aliphatic heterocycles. The molecule has 2 aromatic carbocycles. The molecule has 0 atom stereocenters. The molecule has 2 N–H and O–H groups in total. The van der Waals surface area contributed by atoms with Gasteiger partial charge in [0.2, 0.25) is 0 Å². The zero-order valence-electron chi connectivity index (χ0n) is 11.3. The van der Waals surface area contributed by atoms with Gasteiger partial charge in [0, 0.05) is 10.4 Å². The lowest BCUT2D eigenvalue weighted by Crippen LogP contribution is -2.21. The number of fused-ring (bicyclic) bond motifs is 1. The number of pyridine rings is 1. The van der Waals surface area contributed by atoms with Crippen LogP contribution in [-0.4, -0.2) is 11.7 Å². The van der Waals surface area contributed by atoms with E-state index in [1.54, 1.807) is 30.3 Å². The van der Waals surface area contributed by atoms with Gasteiger partial charge in [0.15, 0.2) is 0 Å². The Morgan fingerprint density at radius 1 is 1.14 bits per heavy atom. The normalized spacial score (nSPS) is 10.8. The van der Waals surface area contributed by atoms with Crippen LogP contribution in [0.4, 0.5) is 5.82 Å². The van der Waals surface area contributed by atoms with Crippen LogP contribution in [0.2, 0.25) is 5.02 Å². The van der Waals surface area contributed by atoms with Gasteiger partial charge < -0.3 is 10.5 Å². The number of methoxy groups -OCH3 is 1. The summed E-state index contributed by atoms with van der Waals surface area (Å²) in [5, 5.41) is 1.90. The molecule has 0 bridgehead atoms. The predicted molar refractivity (Wildman–Crippen MR) is 85.5 cm³/mol. The van der Waals surface area contributed by atoms with E-state index in [2.05, 4.69) is 0 Å². The maximum Gasteiger partial charge on any atom is 0.264 e. The number of nitrogens with zero attached hydrogens (tertiary/aromatic N) is 1. The SMILES string of the molecule is COc1ccc(Cl)cc1-n1c(N)cc2ccccc2c1=O. The number of hydrogen-bond acceptors (Lipinski definition) is 3.